The average Bonchev–Trinajstić information content (AvgIpc) is 2.39. The van der Waals surface area contributed by atoms with Crippen LogP contribution in [0.1, 0.15) is 53.4 Å². The van der Waals surface area contributed by atoms with Crippen molar-refractivity contribution >= 4 is 14.2 Å². The van der Waals surface area contributed by atoms with Crippen molar-refractivity contribution < 1.29 is 9.22 Å². The largest absolute Gasteiger partial charge is 0.411 e. The zero-order valence-corrected chi connectivity index (χ0v) is 16.8. The van der Waals surface area contributed by atoms with Gasteiger partial charge in [0.2, 0.25) is 5.91 Å². The maximum Gasteiger partial charge on any atom is 0.222 e. The monoisotopic (exact) mass is 325 g/mol. The van der Waals surface area contributed by atoms with E-state index >= 15 is 0 Å². The number of carbonyl (C=O) groups is 1. The van der Waals surface area contributed by atoms with Gasteiger partial charge in [0.15, 0.2) is 8.32 Å². The lowest BCUT2D eigenvalue weighted by Gasteiger charge is -2.41. The number of nitrogens with zero attached hydrogens (tertiary/aromatic N) is 1. The van der Waals surface area contributed by atoms with Gasteiger partial charge in [-0.2, -0.15) is 0 Å². The molecule has 1 amide bonds. The molecule has 1 aliphatic rings. The summed E-state index contributed by atoms with van der Waals surface area (Å²) in [6, 6.07) is 0. The highest BCUT2D eigenvalue weighted by atomic mass is 28.4. The SMILES string of the molecule is CC[C@]1(CC(=O)N(C)C)C=C[C@H](O[Si](C)(C)C(C)(C)C)CC1. The number of carbonyl (C=O) groups excluding carboxylic acids is 1. The third-order valence-electron chi connectivity index (χ3n) is 5.55. The van der Waals surface area contributed by atoms with Gasteiger partial charge in [-0.05, 0) is 42.8 Å². The first-order valence-electron chi connectivity index (χ1n) is 8.50. The Hall–Kier alpha value is -0.613. The van der Waals surface area contributed by atoms with Gasteiger partial charge >= 0.3 is 0 Å². The van der Waals surface area contributed by atoms with Gasteiger partial charge in [0.05, 0.1) is 6.10 Å². The molecule has 0 aromatic carbocycles. The molecule has 3 nitrogen and oxygen atoms in total. The predicted octanol–water partition coefficient (Wildman–Crippen LogP) is 4.60. The van der Waals surface area contributed by atoms with E-state index in [1.165, 1.54) is 0 Å². The number of hydrogen-bond donors (Lipinski definition) is 0. The summed E-state index contributed by atoms with van der Waals surface area (Å²) >= 11 is 0. The van der Waals surface area contributed by atoms with E-state index in [0.717, 1.165) is 19.3 Å². The van der Waals surface area contributed by atoms with Crippen molar-refractivity contribution in [3.05, 3.63) is 12.2 Å². The highest BCUT2D eigenvalue weighted by Gasteiger charge is 2.40. The second-order valence-electron chi connectivity index (χ2n) is 8.50. The lowest BCUT2D eigenvalue weighted by Crippen LogP contribution is -2.44. The predicted molar refractivity (Wildman–Crippen MR) is 96.5 cm³/mol. The Labute approximate surface area is 138 Å². The first kappa shape index (κ1) is 19.4. The lowest BCUT2D eigenvalue weighted by molar-refractivity contribution is -0.130. The standard InChI is InChI=1S/C18H35NO2Si/c1-9-18(14-16(20)19(5)6)12-10-15(11-13-18)21-22(7,8)17(2,3)4/h10,12,15H,9,11,13-14H2,1-8H3/t15-,18-/m0/s1. The van der Waals surface area contributed by atoms with Crippen molar-refractivity contribution in [3.8, 4) is 0 Å². The minimum absolute atomic E-state index is 0.0225. The van der Waals surface area contributed by atoms with Gasteiger partial charge in [0, 0.05) is 20.5 Å². The van der Waals surface area contributed by atoms with Crippen LogP contribution in [0, 0.1) is 5.41 Å². The number of amides is 1. The second kappa shape index (κ2) is 6.87. The lowest BCUT2D eigenvalue weighted by atomic mass is 9.73. The number of hydrogen-bond acceptors (Lipinski definition) is 2. The molecule has 0 unspecified atom stereocenters. The normalized spacial score (nSPS) is 26.1. The van der Waals surface area contributed by atoms with E-state index in [9.17, 15) is 4.79 Å². The Morgan fingerprint density at radius 2 is 1.95 bits per heavy atom. The molecule has 1 rings (SSSR count). The quantitative estimate of drug-likeness (QED) is 0.546. The molecule has 0 aromatic heterocycles. The van der Waals surface area contributed by atoms with Crippen LogP contribution >= 0.6 is 0 Å². The maximum absolute atomic E-state index is 12.1. The third-order valence-corrected chi connectivity index (χ3v) is 10.1. The van der Waals surface area contributed by atoms with Gasteiger partial charge < -0.3 is 9.33 Å². The summed E-state index contributed by atoms with van der Waals surface area (Å²) in [6.45, 7) is 13.6. The summed E-state index contributed by atoms with van der Waals surface area (Å²) in [5.41, 5.74) is 0.0225. The summed E-state index contributed by atoms with van der Waals surface area (Å²) in [5, 5.41) is 0.237. The van der Waals surface area contributed by atoms with E-state index in [4.69, 9.17) is 4.43 Å². The zero-order chi connectivity index (χ0) is 17.2. The highest BCUT2D eigenvalue weighted by Crippen LogP contribution is 2.42. The van der Waals surface area contributed by atoms with Crippen LogP contribution in [0.3, 0.4) is 0 Å². The van der Waals surface area contributed by atoms with Gasteiger partial charge in [0.25, 0.3) is 0 Å². The summed E-state index contributed by atoms with van der Waals surface area (Å²) in [7, 11) is 1.94. The fraction of sp³-hybridized carbons (Fsp3) is 0.833. The molecule has 0 aliphatic heterocycles. The Kier molecular flexibility index (Phi) is 6.07. The molecule has 0 N–H and O–H groups in total. The molecule has 2 atom stereocenters. The van der Waals surface area contributed by atoms with Crippen molar-refractivity contribution in [1.82, 2.24) is 4.90 Å². The molecule has 128 valence electrons. The topological polar surface area (TPSA) is 29.5 Å². The first-order chi connectivity index (χ1) is 9.92. The molecule has 0 saturated heterocycles. The van der Waals surface area contributed by atoms with E-state index in [1.807, 2.05) is 14.1 Å². The minimum Gasteiger partial charge on any atom is -0.411 e. The summed E-state index contributed by atoms with van der Waals surface area (Å²) < 4.78 is 6.49. The van der Waals surface area contributed by atoms with Crippen LogP contribution in [0.25, 0.3) is 0 Å². The van der Waals surface area contributed by atoms with Gasteiger partial charge in [-0.1, -0.05) is 39.8 Å². The van der Waals surface area contributed by atoms with Crippen molar-refractivity contribution in [2.24, 2.45) is 5.41 Å². The van der Waals surface area contributed by atoms with E-state index < -0.39 is 8.32 Å². The molecule has 0 bridgehead atoms. The third kappa shape index (κ3) is 4.69. The van der Waals surface area contributed by atoms with E-state index in [1.54, 1.807) is 4.90 Å². The highest BCUT2D eigenvalue weighted by molar-refractivity contribution is 6.74. The zero-order valence-electron chi connectivity index (χ0n) is 15.8. The van der Waals surface area contributed by atoms with Crippen LogP contribution in [0.15, 0.2) is 12.2 Å². The van der Waals surface area contributed by atoms with Crippen LogP contribution in [0.4, 0.5) is 0 Å². The van der Waals surface area contributed by atoms with Crippen molar-refractivity contribution in [1.29, 1.82) is 0 Å². The van der Waals surface area contributed by atoms with Crippen molar-refractivity contribution in [2.75, 3.05) is 14.1 Å². The van der Waals surface area contributed by atoms with E-state index in [0.29, 0.717) is 6.42 Å². The Morgan fingerprint density at radius 1 is 1.36 bits per heavy atom. The summed E-state index contributed by atoms with van der Waals surface area (Å²) in [5.74, 6) is 0.218. The van der Waals surface area contributed by atoms with Crippen LogP contribution in [0.2, 0.25) is 18.1 Å². The molecular weight excluding hydrogens is 290 g/mol. The van der Waals surface area contributed by atoms with Gasteiger partial charge in [-0.15, -0.1) is 0 Å². The molecule has 4 heteroatoms. The fourth-order valence-electron chi connectivity index (χ4n) is 2.60. The first-order valence-corrected chi connectivity index (χ1v) is 11.4. The van der Waals surface area contributed by atoms with Crippen LogP contribution < -0.4 is 0 Å². The van der Waals surface area contributed by atoms with Crippen LogP contribution in [-0.2, 0) is 9.22 Å². The van der Waals surface area contributed by atoms with Crippen LogP contribution in [0.5, 0.6) is 0 Å². The maximum atomic E-state index is 12.1. The van der Waals surface area contributed by atoms with Gasteiger partial charge in [-0.25, -0.2) is 0 Å². The molecule has 0 spiro atoms. The molecule has 0 fully saturated rings. The second-order valence-corrected chi connectivity index (χ2v) is 13.3. The molecular formula is C18H35NO2Si. The van der Waals surface area contributed by atoms with E-state index in [2.05, 4.69) is 52.9 Å². The Morgan fingerprint density at radius 3 is 2.32 bits per heavy atom. The van der Waals surface area contributed by atoms with Gasteiger partial charge in [0.1, 0.15) is 0 Å². The molecule has 0 radical (unpaired) electrons. The smallest absolute Gasteiger partial charge is 0.222 e. The summed E-state index contributed by atoms with van der Waals surface area (Å²) in [4.78, 5) is 13.8. The van der Waals surface area contributed by atoms with E-state index in [-0.39, 0.29) is 22.5 Å². The Balaban J connectivity index is 2.77. The van der Waals surface area contributed by atoms with Crippen LogP contribution in [-0.4, -0.2) is 39.3 Å². The number of rotatable bonds is 5. The molecule has 0 saturated carbocycles. The molecule has 1 aliphatic carbocycles. The molecule has 0 heterocycles. The fourth-order valence-corrected chi connectivity index (χ4v) is 3.91. The Bertz CT molecular complexity index is 423. The number of allylic oxidation sites excluding steroid dienone is 1. The molecule has 0 aromatic rings. The van der Waals surface area contributed by atoms with Crippen molar-refractivity contribution in [3.63, 3.8) is 0 Å². The molecule has 22 heavy (non-hydrogen) atoms. The summed E-state index contributed by atoms with van der Waals surface area (Å²) in [6.07, 6.45) is 8.38. The average molecular weight is 326 g/mol. The van der Waals surface area contributed by atoms with Gasteiger partial charge in [-0.3, -0.25) is 4.79 Å². The van der Waals surface area contributed by atoms with Crippen molar-refractivity contribution in [2.45, 2.75) is 77.6 Å². The minimum atomic E-state index is -1.73.